The summed E-state index contributed by atoms with van der Waals surface area (Å²) >= 11 is 1.43. The summed E-state index contributed by atoms with van der Waals surface area (Å²) in [4.78, 5) is 10.7. The second kappa shape index (κ2) is 7.15. The summed E-state index contributed by atoms with van der Waals surface area (Å²) in [6.07, 6.45) is 2.08. The van der Waals surface area contributed by atoms with Crippen LogP contribution in [0.25, 0.3) is 0 Å². The van der Waals surface area contributed by atoms with Crippen LogP contribution in [0.2, 0.25) is 0 Å². The summed E-state index contributed by atoms with van der Waals surface area (Å²) in [5.41, 5.74) is 0. The standard InChI is InChI=1S/C8H16OS3/c1-6(2)8(12-10-4)5-11-7(3)9/h6,8H,5H2,1-4H3. The van der Waals surface area contributed by atoms with Gasteiger partial charge in [0.05, 0.1) is 0 Å². The minimum absolute atomic E-state index is 0.224. The first-order valence-electron chi connectivity index (χ1n) is 3.90. The van der Waals surface area contributed by atoms with Crippen LogP contribution in [0.4, 0.5) is 0 Å². The van der Waals surface area contributed by atoms with Crippen molar-refractivity contribution in [2.24, 2.45) is 5.92 Å². The van der Waals surface area contributed by atoms with Gasteiger partial charge < -0.3 is 0 Å². The van der Waals surface area contributed by atoms with Gasteiger partial charge in [0.1, 0.15) is 0 Å². The molecule has 0 bridgehead atoms. The smallest absolute Gasteiger partial charge is 0.185 e. The van der Waals surface area contributed by atoms with Crippen LogP contribution in [-0.4, -0.2) is 22.4 Å². The molecule has 0 saturated heterocycles. The summed E-state index contributed by atoms with van der Waals surface area (Å²) in [6.45, 7) is 6.04. The Bertz CT molecular complexity index is 136. The molecular formula is C8H16OS3. The van der Waals surface area contributed by atoms with E-state index < -0.39 is 0 Å². The van der Waals surface area contributed by atoms with Crippen LogP contribution in [0.5, 0.6) is 0 Å². The highest BCUT2D eigenvalue weighted by molar-refractivity contribution is 8.76. The first kappa shape index (κ1) is 12.7. The van der Waals surface area contributed by atoms with E-state index in [2.05, 4.69) is 20.1 Å². The third-order valence-corrected chi connectivity index (χ3v) is 5.03. The monoisotopic (exact) mass is 224 g/mol. The fraction of sp³-hybridized carbons (Fsp3) is 0.875. The minimum Gasteiger partial charge on any atom is -0.288 e. The zero-order chi connectivity index (χ0) is 9.56. The molecule has 1 unspecified atom stereocenters. The summed E-state index contributed by atoms with van der Waals surface area (Å²) < 4.78 is 0. The predicted molar refractivity (Wildman–Crippen MR) is 62.9 cm³/mol. The quantitative estimate of drug-likeness (QED) is 0.666. The van der Waals surface area contributed by atoms with Crippen molar-refractivity contribution in [3.8, 4) is 0 Å². The Morgan fingerprint density at radius 3 is 2.33 bits per heavy atom. The van der Waals surface area contributed by atoms with Crippen molar-refractivity contribution in [1.29, 1.82) is 0 Å². The van der Waals surface area contributed by atoms with E-state index in [9.17, 15) is 4.79 Å². The maximum absolute atomic E-state index is 10.7. The number of carbonyl (C=O) groups is 1. The number of carbonyl (C=O) groups excluding carboxylic acids is 1. The molecule has 0 amide bonds. The van der Waals surface area contributed by atoms with Gasteiger partial charge in [-0.15, -0.1) is 0 Å². The molecule has 0 rings (SSSR count). The molecule has 0 aliphatic heterocycles. The molecule has 1 nitrogen and oxygen atoms in total. The lowest BCUT2D eigenvalue weighted by molar-refractivity contribution is -0.109. The van der Waals surface area contributed by atoms with E-state index in [1.165, 1.54) is 11.8 Å². The van der Waals surface area contributed by atoms with Gasteiger partial charge in [-0.05, 0) is 12.2 Å². The van der Waals surface area contributed by atoms with E-state index in [0.717, 1.165) is 5.75 Å². The molecular weight excluding hydrogens is 208 g/mol. The van der Waals surface area contributed by atoms with E-state index in [1.807, 2.05) is 10.8 Å². The molecule has 0 N–H and O–H groups in total. The molecule has 0 spiro atoms. The van der Waals surface area contributed by atoms with Crippen LogP contribution < -0.4 is 0 Å². The molecule has 0 aliphatic carbocycles. The maximum Gasteiger partial charge on any atom is 0.185 e. The lowest BCUT2D eigenvalue weighted by atomic mass is 10.1. The Balaban J connectivity index is 3.70. The van der Waals surface area contributed by atoms with Crippen molar-refractivity contribution in [3.05, 3.63) is 0 Å². The molecule has 0 fully saturated rings. The Morgan fingerprint density at radius 1 is 1.42 bits per heavy atom. The summed E-state index contributed by atoms with van der Waals surface area (Å²) in [5.74, 6) is 1.59. The van der Waals surface area contributed by atoms with Crippen LogP contribution in [0.3, 0.4) is 0 Å². The Hall–Kier alpha value is 0.720. The van der Waals surface area contributed by atoms with Crippen molar-refractivity contribution in [2.45, 2.75) is 26.0 Å². The normalized spacial score (nSPS) is 13.4. The predicted octanol–water partition coefficient (Wildman–Crippen LogP) is 3.30. The molecule has 1 atom stereocenters. The summed E-state index contributed by atoms with van der Waals surface area (Å²) in [7, 11) is 3.65. The Morgan fingerprint density at radius 2 is 2.00 bits per heavy atom. The molecule has 0 aromatic rings. The van der Waals surface area contributed by atoms with Crippen LogP contribution in [0.15, 0.2) is 0 Å². The van der Waals surface area contributed by atoms with Gasteiger partial charge in [-0.25, -0.2) is 0 Å². The number of rotatable bonds is 5. The summed E-state index contributed by atoms with van der Waals surface area (Å²) in [5, 5.41) is 0.816. The van der Waals surface area contributed by atoms with Gasteiger partial charge in [-0.2, -0.15) is 0 Å². The van der Waals surface area contributed by atoms with E-state index in [0.29, 0.717) is 11.2 Å². The van der Waals surface area contributed by atoms with Crippen LogP contribution in [0, 0.1) is 5.92 Å². The third kappa shape index (κ3) is 6.26. The largest absolute Gasteiger partial charge is 0.288 e. The number of hydrogen-bond donors (Lipinski definition) is 0. The van der Waals surface area contributed by atoms with Crippen molar-refractivity contribution in [3.63, 3.8) is 0 Å². The number of hydrogen-bond acceptors (Lipinski definition) is 4. The Kier molecular flexibility index (Phi) is 7.58. The minimum atomic E-state index is 0.224. The van der Waals surface area contributed by atoms with E-state index in [4.69, 9.17) is 0 Å². The highest BCUT2D eigenvalue weighted by Crippen LogP contribution is 2.31. The van der Waals surface area contributed by atoms with Gasteiger partial charge in [-0.1, -0.05) is 47.2 Å². The van der Waals surface area contributed by atoms with Gasteiger partial charge >= 0.3 is 0 Å². The highest BCUT2D eigenvalue weighted by Gasteiger charge is 2.14. The Labute approximate surface area is 87.2 Å². The van der Waals surface area contributed by atoms with Gasteiger partial charge in [0.25, 0.3) is 0 Å². The van der Waals surface area contributed by atoms with Crippen molar-refractivity contribution >= 4 is 38.5 Å². The molecule has 0 radical (unpaired) electrons. The zero-order valence-electron chi connectivity index (χ0n) is 7.99. The van der Waals surface area contributed by atoms with Gasteiger partial charge in [0, 0.05) is 17.9 Å². The van der Waals surface area contributed by atoms with Crippen molar-refractivity contribution < 1.29 is 4.79 Å². The summed E-state index contributed by atoms with van der Waals surface area (Å²) in [6, 6.07) is 0. The first-order chi connectivity index (χ1) is 5.57. The van der Waals surface area contributed by atoms with Gasteiger partial charge in [0.2, 0.25) is 0 Å². The molecule has 0 aliphatic rings. The second-order valence-electron chi connectivity index (χ2n) is 2.85. The van der Waals surface area contributed by atoms with Crippen molar-refractivity contribution in [1.82, 2.24) is 0 Å². The van der Waals surface area contributed by atoms with Crippen LogP contribution in [-0.2, 0) is 4.79 Å². The van der Waals surface area contributed by atoms with Gasteiger partial charge in [-0.3, -0.25) is 4.79 Å². The average Bonchev–Trinajstić information content (AvgIpc) is 1.96. The maximum atomic E-state index is 10.7. The first-order valence-corrected chi connectivity index (χ1v) is 7.51. The topological polar surface area (TPSA) is 17.1 Å². The van der Waals surface area contributed by atoms with E-state index >= 15 is 0 Å². The zero-order valence-corrected chi connectivity index (χ0v) is 10.4. The van der Waals surface area contributed by atoms with Gasteiger partial charge in [0.15, 0.2) is 5.12 Å². The average molecular weight is 224 g/mol. The van der Waals surface area contributed by atoms with Crippen LogP contribution >= 0.6 is 33.3 Å². The van der Waals surface area contributed by atoms with E-state index in [-0.39, 0.29) is 5.12 Å². The third-order valence-electron chi connectivity index (χ3n) is 1.41. The lowest BCUT2D eigenvalue weighted by Gasteiger charge is -2.17. The highest BCUT2D eigenvalue weighted by atomic mass is 33.1. The second-order valence-corrected chi connectivity index (χ2v) is 6.75. The molecule has 0 heterocycles. The lowest BCUT2D eigenvalue weighted by Crippen LogP contribution is -2.13. The molecule has 0 aromatic carbocycles. The fourth-order valence-corrected chi connectivity index (χ4v) is 4.24. The van der Waals surface area contributed by atoms with Crippen LogP contribution in [0.1, 0.15) is 20.8 Å². The van der Waals surface area contributed by atoms with E-state index in [1.54, 1.807) is 17.7 Å². The van der Waals surface area contributed by atoms with Crippen molar-refractivity contribution in [2.75, 3.05) is 12.0 Å². The number of thioether (sulfide) groups is 1. The fourth-order valence-electron chi connectivity index (χ4n) is 0.654. The molecule has 72 valence electrons. The molecule has 4 heteroatoms. The molecule has 0 aromatic heterocycles. The molecule has 12 heavy (non-hydrogen) atoms. The molecule has 0 saturated carbocycles. The SMILES string of the molecule is CSSC(CSC(C)=O)C(C)C.